The summed E-state index contributed by atoms with van der Waals surface area (Å²) >= 11 is -1.73. The van der Waals surface area contributed by atoms with Gasteiger partial charge in [0, 0.05) is 0 Å². The molecular weight excluding hydrogens is 277 g/mol. The Morgan fingerprint density at radius 2 is 1.33 bits per heavy atom. The molecule has 0 unspecified atom stereocenters. The maximum absolute atomic E-state index is 3.25. The third kappa shape index (κ3) is 3.52. The Morgan fingerprint density at radius 3 is 2.00 bits per heavy atom. The van der Waals surface area contributed by atoms with Crippen LogP contribution in [-0.2, 0) is 0 Å². The quantitative estimate of drug-likeness (QED) is 0.556. The maximum atomic E-state index is 3.25. The van der Waals surface area contributed by atoms with E-state index in [0.717, 1.165) is 11.1 Å². The molecular formula is C17H18Ge. The van der Waals surface area contributed by atoms with E-state index < -0.39 is 13.3 Å². The number of benzene rings is 2. The number of hydrogen-bond donors (Lipinski definition) is 0. The molecule has 0 saturated carbocycles. The van der Waals surface area contributed by atoms with Crippen LogP contribution in [0.2, 0.25) is 17.3 Å². The molecule has 18 heavy (non-hydrogen) atoms. The van der Waals surface area contributed by atoms with Gasteiger partial charge in [-0.15, -0.1) is 0 Å². The first-order chi connectivity index (χ1) is 8.55. The van der Waals surface area contributed by atoms with Gasteiger partial charge in [0.05, 0.1) is 0 Å². The minimum atomic E-state index is -1.73. The molecule has 0 bridgehead atoms. The molecule has 0 atom stereocenters. The Hall–Kier alpha value is -1.46. The standard InChI is InChI=1S/C17H18Ge/c1-18(2,3)17-11-7-10-16(14-17)13-12-15-8-5-4-6-9-15/h4-11,14H,1-3H3. The van der Waals surface area contributed by atoms with Gasteiger partial charge in [-0.3, -0.25) is 0 Å². The Kier molecular flexibility index (Phi) is 3.94. The van der Waals surface area contributed by atoms with Crippen LogP contribution in [-0.4, -0.2) is 13.3 Å². The normalized spacial score (nSPS) is 10.6. The summed E-state index contributed by atoms with van der Waals surface area (Å²) in [7, 11) is 0. The second kappa shape index (κ2) is 5.46. The van der Waals surface area contributed by atoms with Crippen molar-refractivity contribution < 1.29 is 0 Å². The topological polar surface area (TPSA) is 0 Å². The third-order valence-electron chi connectivity index (χ3n) is 2.85. The van der Waals surface area contributed by atoms with Crippen molar-refractivity contribution in [2.75, 3.05) is 0 Å². The summed E-state index contributed by atoms with van der Waals surface area (Å²) in [4.78, 5) is 0. The van der Waals surface area contributed by atoms with E-state index >= 15 is 0 Å². The van der Waals surface area contributed by atoms with E-state index in [-0.39, 0.29) is 0 Å². The van der Waals surface area contributed by atoms with E-state index in [2.05, 4.69) is 53.4 Å². The minimum absolute atomic E-state index is 1.07. The van der Waals surface area contributed by atoms with Gasteiger partial charge in [-0.25, -0.2) is 0 Å². The predicted octanol–water partition coefficient (Wildman–Crippen LogP) is 3.63. The van der Waals surface area contributed by atoms with Crippen LogP contribution in [0.3, 0.4) is 0 Å². The second-order valence-corrected chi connectivity index (χ2v) is 16.1. The molecule has 0 spiro atoms. The first kappa shape index (κ1) is 13.0. The molecule has 0 saturated heterocycles. The summed E-state index contributed by atoms with van der Waals surface area (Å²) < 4.78 is 1.51. The van der Waals surface area contributed by atoms with Crippen molar-refractivity contribution in [3.63, 3.8) is 0 Å². The molecule has 2 rings (SSSR count). The van der Waals surface area contributed by atoms with Crippen molar-refractivity contribution in [1.29, 1.82) is 0 Å². The molecule has 0 nitrogen and oxygen atoms in total. The Balaban J connectivity index is 2.29. The monoisotopic (exact) mass is 296 g/mol. The molecule has 0 fully saturated rings. The number of rotatable bonds is 1. The van der Waals surface area contributed by atoms with E-state index in [1.807, 2.05) is 30.3 Å². The molecule has 0 aliphatic carbocycles. The Labute approximate surface area is 112 Å². The van der Waals surface area contributed by atoms with Gasteiger partial charge >= 0.3 is 112 Å². The first-order valence-corrected chi connectivity index (χ1v) is 13.6. The van der Waals surface area contributed by atoms with Crippen LogP contribution in [0, 0.1) is 11.8 Å². The molecule has 0 aliphatic heterocycles. The van der Waals surface area contributed by atoms with Crippen LogP contribution in [0.5, 0.6) is 0 Å². The summed E-state index contributed by atoms with van der Waals surface area (Å²) in [5.41, 5.74) is 2.19. The van der Waals surface area contributed by atoms with Crippen LogP contribution in [0.25, 0.3) is 0 Å². The van der Waals surface area contributed by atoms with Crippen LogP contribution in [0.15, 0.2) is 54.6 Å². The summed E-state index contributed by atoms with van der Waals surface area (Å²) in [6.07, 6.45) is 0. The SMILES string of the molecule is [CH3][Ge]([CH3])([CH3])[c]1cccc(C#Cc2ccccc2)c1. The molecule has 0 N–H and O–H groups in total. The molecule has 1 heteroatoms. The Bertz CT molecular complexity index is 580. The van der Waals surface area contributed by atoms with Crippen LogP contribution >= 0.6 is 0 Å². The summed E-state index contributed by atoms with van der Waals surface area (Å²) in [6, 6.07) is 18.9. The van der Waals surface area contributed by atoms with E-state index in [0.29, 0.717) is 0 Å². The molecule has 0 aromatic heterocycles. The zero-order chi connectivity index (χ0) is 13.0. The summed E-state index contributed by atoms with van der Waals surface area (Å²) in [5.74, 6) is 13.7. The third-order valence-corrected chi connectivity index (χ3v) is 7.14. The molecule has 0 radical (unpaired) electrons. The van der Waals surface area contributed by atoms with E-state index in [9.17, 15) is 0 Å². The van der Waals surface area contributed by atoms with Gasteiger partial charge in [0.15, 0.2) is 0 Å². The van der Waals surface area contributed by atoms with Gasteiger partial charge in [0.2, 0.25) is 0 Å². The predicted molar refractivity (Wildman–Crippen MR) is 81.8 cm³/mol. The average Bonchev–Trinajstić information content (AvgIpc) is 2.37. The van der Waals surface area contributed by atoms with Crippen molar-refractivity contribution in [2.24, 2.45) is 0 Å². The van der Waals surface area contributed by atoms with Crippen molar-refractivity contribution in [2.45, 2.75) is 17.3 Å². The van der Waals surface area contributed by atoms with Crippen LogP contribution < -0.4 is 4.40 Å². The molecule has 0 heterocycles. The van der Waals surface area contributed by atoms with Crippen molar-refractivity contribution >= 4 is 17.7 Å². The van der Waals surface area contributed by atoms with Gasteiger partial charge in [-0.2, -0.15) is 0 Å². The van der Waals surface area contributed by atoms with Gasteiger partial charge in [0.1, 0.15) is 0 Å². The fourth-order valence-corrected chi connectivity index (χ4v) is 4.21. The molecule has 2 aromatic rings. The van der Waals surface area contributed by atoms with E-state index in [1.165, 1.54) is 4.40 Å². The fourth-order valence-electron chi connectivity index (χ4n) is 1.73. The molecule has 2 aromatic carbocycles. The molecule has 90 valence electrons. The van der Waals surface area contributed by atoms with Crippen molar-refractivity contribution in [3.05, 3.63) is 65.7 Å². The van der Waals surface area contributed by atoms with Crippen LogP contribution in [0.4, 0.5) is 0 Å². The zero-order valence-electron chi connectivity index (χ0n) is 11.2. The van der Waals surface area contributed by atoms with Gasteiger partial charge in [0.25, 0.3) is 0 Å². The second-order valence-electron chi connectivity index (χ2n) is 5.45. The summed E-state index contributed by atoms with van der Waals surface area (Å²) in [5, 5.41) is 0. The zero-order valence-corrected chi connectivity index (χ0v) is 13.3. The molecule has 0 amide bonds. The van der Waals surface area contributed by atoms with Crippen molar-refractivity contribution in [3.8, 4) is 11.8 Å². The fraction of sp³-hybridized carbons (Fsp3) is 0.176. The van der Waals surface area contributed by atoms with Gasteiger partial charge in [-0.05, 0) is 0 Å². The van der Waals surface area contributed by atoms with Gasteiger partial charge in [-0.1, -0.05) is 0 Å². The van der Waals surface area contributed by atoms with E-state index in [4.69, 9.17) is 0 Å². The summed E-state index contributed by atoms with van der Waals surface area (Å²) in [6.45, 7) is 0. The van der Waals surface area contributed by atoms with E-state index in [1.54, 1.807) is 0 Å². The van der Waals surface area contributed by atoms with Gasteiger partial charge < -0.3 is 0 Å². The first-order valence-electron chi connectivity index (χ1n) is 6.23. The molecule has 0 aliphatic rings. The van der Waals surface area contributed by atoms with Crippen LogP contribution in [0.1, 0.15) is 11.1 Å². The van der Waals surface area contributed by atoms with Crippen molar-refractivity contribution in [1.82, 2.24) is 0 Å². The number of hydrogen-bond acceptors (Lipinski definition) is 0. The Morgan fingerprint density at radius 1 is 0.722 bits per heavy atom. The average molecular weight is 295 g/mol.